The van der Waals surface area contributed by atoms with Gasteiger partial charge in [-0.2, -0.15) is 0 Å². The fourth-order valence-corrected chi connectivity index (χ4v) is 2.74. The fourth-order valence-electron chi connectivity index (χ4n) is 2.74. The second-order valence-electron chi connectivity index (χ2n) is 4.63. The van der Waals surface area contributed by atoms with Gasteiger partial charge in [-0.15, -0.1) is 0 Å². The summed E-state index contributed by atoms with van der Waals surface area (Å²) in [5.41, 5.74) is -0.176. The van der Waals surface area contributed by atoms with Gasteiger partial charge in [0.15, 0.2) is 6.10 Å². The quantitative estimate of drug-likeness (QED) is 0.476. The molecule has 4 unspecified atom stereocenters. The van der Waals surface area contributed by atoms with E-state index in [0.717, 1.165) is 6.42 Å². The van der Waals surface area contributed by atoms with Gasteiger partial charge in [0.25, 0.3) is 0 Å². The van der Waals surface area contributed by atoms with Crippen molar-refractivity contribution in [3.8, 4) is 0 Å². The van der Waals surface area contributed by atoms with Gasteiger partial charge in [-0.3, -0.25) is 0 Å². The molecule has 2 aliphatic rings. The first kappa shape index (κ1) is 9.97. The van der Waals surface area contributed by atoms with Gasteiger partial charge in [0.1, 0.15) is 5.60 Å². The van der Waals surface area contributed by atoms with Crippen LogP contribution in [0, 0.1) is 11.8 Å². The molecule has 1 aliphatic carbocycles. The van der Waals surface area contributed by atoms with Crippen LogP contribution in [-0.2, 0) is 14.3 Å². The molecule has 4 atom stereocenters. The number of hydrogen-bond donors (Lipinski definition) is 0. The van der Waals surface area contributed by atoms with E-state index in [-0.39, 0.29) is 17.7 Å². The highest BCUT2D eigenvalue weighted by atomic mass is 16.7. The standard InChI is InChI=1S/C11H18O3/c1-7-5-4-6-11(8(7)2)9(14-11)10(12)13-3/h7-9H,4-6H2,1-3H3. The van der Waals surface area contributed by atoms with E-state index in [0.29, 0.717) is 11.8 Å². The molecule has 80 valence electrons. The zero-order valence-electron chi connectivity index (χ0n) is 9.08. The van der Waals surface area contributed by atoms with Crippen molar-refractivity contribution in [1.29, 1.82) is 0 Å². The van der Waals surface area contributed by atoms with Crippen molar-refractivity contribution in [2.45, 2.75) is 44.8 Å². The molecule has 0 amide bonds. The number of ether oxygens (including phenoxy) is 2. The van der Waals surface area contributed by atoms with Crippen molar-refractivity contribution in [2.75, 3.05) is 7.11 Å². The Morgan fingerprint density at radius 1 is 1.50 bits per heavy atom. The Morgan fingerprint density at radius 3 is 2.86 bits per heavy atom. The molecule has 1 saturated heterocycles. The van der Waals surface area contributed by atoms with Crippen LogP contribution in [0.15, 0.2) is 0 Å². The Morgan fingerprint density at radius 2 is 2.21 bits per heavy atom. The molecule has 0 radical (unpaired) electrons. The van der Waals surface area contributed by atoms with Gasteiger partial charge < -0.3 is 9.47 Å². The summed E-state index contributed by atoms with van der Waals surface area (Å²) in [6, 6.07) is 0. The van der Waals surface area contributed by atoms with Crippen molar-refractivity contribution < 1.29 is 14.3 Å². The number of carbonyl (C=O) groups is 1. The van der Waals surface area contributed by atoms with E-state index in [4.69, 9.17) is 9.47 Å². The summed E-state index contributed by atoms with van der Waals surface area (Å²) < 4.78 is 10.3. The van der Waals surface area contributed by atoms with E-state index >= 15 is 0 Å². The third-order valence-electron chi connectivity index (χ3n) is 3.99. The Hall–Kier alpha value is -0.570. The molecule has 2 fully saturated rings. The normalized spacial score (nSPS) is 46.4. The first-order valence-electron chi connectivity index (χ1n) is 5.37. The maximum atomic E-state index is 11.4. The monoisotopic (exact) mass is 198 g/mol. The predicted octanol–water partition coefficient (Wildman–Crippen LogP) is 1.75. The van der Waals surface area contributed by atoms with Gasteiger partial charge in [0.2, 0.25) is 0 Å². The second-order valence-corrected chi connectivity index (χ2v) is 4.63. The Bertz CT molecular complexity index is 251. The summed E-state index contributed by atoms with van der Waals surface area (Å²) in [5, 5.41) is 0. The van der Waals surface area contributed by atoms with E-state index in [9.17, 15) is 4.79 Å². The van der Waals surface area contributed by atoms with Crippen LogP contribution < -0.4 is 0 Å². The third-order valence-corrected chi connectivity index (χ3v) is 3.99. The summed E-state index contributed by atoms with van der Waals surface area (Å²) in [7, 11) is 1.43. The van der Waals surface area contributed by atoms with Gasteiger partial charge in [-0.05, 0) is 18.3 Å². The fraction of sp³-hybridized carbons (Fsp3) is 0.909. The molecule has 1 spiro atoms. The SMILES string of the molecule is COC(=O)C1OC12CCCC(C)C2C. The smallest absolute Gasteiger partial charge is 0.338 e. The zero-order valence-corrected chi connectivity index (χ0v) is 9.08. The minimum Gasteiger partial charge on any atom is -0.467 e. The molecular formula is C11H18O3. The average molecular weight is 198 g/mol. The van der Waals surface area contributed by atoms with Gasteiger partial charge in [-0.1, -0.05) is 26.7 Å². The minimum absolute atomic E-state index is 0.176. The lowest BCUT2D eigenvalue weighted by molar-refractivity contribution is -0.142. The number of methoxy groups -OCH3 is 1. The molecule has 0 aromatic rings. The first-order chi connectivity index (χ1) is 6.62. The zero-order chi connectivity index (χ0) is 10.3. The van der Waals surface area contributed by atoms with Gasteiger partial charge in [0.05, 0.1) is 7.11 Å². The van der Waals surface area contributed by atoms with Crippen LogP contribution in [0.1, 0.15) is 33.1 Å². The van der Waals surface area contributed by atoms with Crippen molar-refractivity contribution in [2.24, 2.45) is 11.8 Å². The first-order valence-corrected chi connectivity index (χ1v) is 5.37. The molecule has 0 aromatic heterocycles. The van der Waals surface area contributed by atoms with Crippen molar-refractivity contribution in [1.82, 2.24) is 0 Å². The largest absolute Gasteiger partial charge is 0.467 e. The average Bonchev–Trinajstić information content (AvgIpc) is 2.89. The molecular weight excluding hydrogens is 180 g/mol. The van der Waals surface area contributed by atoms with Crippen molar-refractivity contribution >= 4 is 5.97 Å². The summed E-state index contributed by atoms with van der Waals surface area (Å²) in [6.07, 6.45) is 3.14. The van der Waals surface area contributed by atoms with E-state index < -0.39 is 0 Å². The van der Waals surface area contributed by atoms with E-state index in [2.05, 4.69) is 13.8 Å². The molecule has 3 heteroatoms. The van der Waals surface area contributed by atoms with Crippen molar-refractivity contribution in [3.05, 3.63) is 0 Å². The number of hydrogen-bond acceptors (Lipinski definition) is 3. The van der Waals surface area contributed by atoms with Gasteiger partial charge in [0, 0.05) is 0 Å². The molecule has 14 heavy (non-hydrogen) atoms. The molecule has 1 heterocycles. The molecule has 1 aliphatic heterocycles. The second kappa shape index (κ2) is 3.23. The van der Waals surface area contributed by atoms with E-state index in [1.807, 2.05) is 0 Å². The minimum atomic E-state index is -0.287. The lowest BCUT2D eigenvalue weighted by Gasteiger charge is -2.31. The third kappa shape index (κ3) is 1.26. The summed E-state index contributed by atoms with van der Waals surface area (Å²) in [6.45, 7) is 4.42. The number of rotatable bonds is 1. The highest BCUT2D eigenvalue weighted by Gasteiger charge is 2.65. The highest BCUT2D eigenvalue weighted by Crippen LogP contribution is 2.53. The number of epoxide rings is 1. The number of carbonyl (C=O) groups excluding carboxylic acids is 1. The molecule has 1 saturated carbocycles. The van der Waals surface area contributed by atoms with Crippen LogP contribution in [0.25, 0.3) is 0 Å². The van der Waals surface area contributed by atoms with Crippen LogP contribution in [0.2, 0.25) is 0 Å². The molecule has 0 N–H and O–H groups in total. The topological polar surface area (TPSA) is 38.8 Å². The molecule has 0 aromatic carbocycles. The Labute approximate surface area is 84.8 Å². The lowest BCUT2D eigenvalue weighted by atomic mass is 9.72. The van der Waals surface area contributed by atoms with Crippen LogP contribution in [0.3, 0.4) is 0 Å². The molecule has 0 bridgehead atoms. The van der Waals surface area contributed by atoms with Crippen molar-refractivity contribution in [3.63, 3.8) is 0 Å². The summed E-state index contributed by atoms with van der Waals surface area (Å²) in [4.78, 5) is 11.4. The Kier molecular flexibility index (Phi) is 2.30. The van der Waals surface area contributed by atoms with Gasteiger partial charge in [-0.25, -0.2) is 4.79 Å². The Balaban J connectivity index is 2.08. The van der Waals surface area contributed by atoms with Crippen LogP contribution in [0.5, 0.6) is 0 Å². The maximum Gasteiger partial charge on any atom is 0.338 e. The van der Waals surface area contributed by atoms with Crippen LogP contribution in [-0.4, -0.2) is 24.8 Å². The van der Waals surface area contributed by atoms with E-state index in [1.54, 1.807) is 0 Å². The molecule has 3 nitrogen and oxygen atoms in total. The predicted molar refractivity (Wildman–Crippen MR) is 51.8 cm³/mol. The summed E-state index contributed by atoms with van der Waals surface area (Å²) >= 11 is 0. The van der Waals surface area contributed by atoms with Gasteiger partial charge >= 0.3 is 5.97 Å². The van der Waals surface area contributed by atoms with Crippen LogP contribution in [0.4, 0.5) is 0 Å². The molecule has 2 rings (SSSR count). The van der Waals surface area contributed by atoms with Crippen LogP contribution >= 0.6 is 0 Å². The highest BCUT2D eigenvalue weighted by molar-refractivity contribution is 5.79. The lowest BCUT2D eigenvalue weighted by Crippen LogP contribution is -2.36. The van der Waals surface area contributed by atoms with E-state index in [1.165, 1.54) is 20.0 Å². The maximum absolute atomic E-state index is 11.4. The summed E-state index contributed by atoms with van der Waals surface area (Å²) in [5.74, 6) is 0.921. The number of esters is 1.